The first-order valence-corrected chi connectivity index (χ1v) is 7.73. The van der Waals surface area contributed by atoms with Crippen molar-refractivity contribution in [2.75, 3.05) is 25.1 Å². The highest BCUT2D eigenvalue weighted by molar-refractivity contribution is 6.14. The Morgan fingerprint density at radius 2 is 1.92 bits per heavy atom. The first kappa shape index (κ1) is 15.0. The fourth-order valence-electron chi connectivity index (χ4n) is 3.07. The Morgan fingerprint density at radius 3 is 2.67 bits per heavy atom. The van der Waals surface area contributed by atoms with Gasteiger partial charge < -0.3 is 9.64 Å². The van der Waals surface area contributed by atoms with Gasteiger partial charge in [0.2, 0.25) is 0 Å². The lowest BCUT2D eigenvalue weighted by molar-refractivity contribution is 0.217. The summed E-state index contributed by atoms with van der Waals surface area (Å²) in [5, 5.41) is 0. The molecule has 1 fully saturated rings. The quantitative estimate of drug-likeness (QED) is 0.867. The van der Waals surface area contributed by atoms with Crippen LogP contribution in [0.25, 0.3) is 0 Å². The zero-order chi connectivity index (χ0) is 16.7. The second kappa shape index (κ2) is 5.81. The highest BCUT2D eigenvalue weighted by atomic mass is 19.2. The number of aliphatic imine (C=N–C) groups is 1. The molecule has 0 bridgehead atoms. The second-order valence-corrected chi connectivity index (χ2v) is 5.89. The molecule has 0 N–H and O–H groups in total. The van der Waals surface area contributed by atoms with Crippen LogP contribution >= 0.6 is 0 Å². The number of rotatable bonds is 3. The summed E-state index contributed by atoms with van der Waals surface area (Å²) in [5.41, 5.74) is 3.46. The van der Waals surface area contributed by atoms with Gasteiger partial charge in [-0.15, -0.1) is 0 Å². The average molecular weight is 330 g/mol. The van der Waals surface area contributed by atoms with Gasteiger partial charge in [0.1, 0.15) is 17.9 Å². The fourth-order valence-corrected chi connectivity index (χ4v) is 3.07. The van der Waals surface area contributed by atoms with Crippen molar-refractivity contribution in [3.63, 3.8) is 0 Å². The normalized spacial score (nSPS) is 22.5. The molecule has 2 atom stereocenters. The number of halogens is 2. The van der Waals surface area contributed by atoms with Crippen molar-refractivity contribution in [3.05, 3.63) is 47.4 Å². The number of aromatic nitrogens is 2. The van der Waals surface area contributed by atoms with Gasteiger partial charge in [0.25, 0.3) is 0 Å². The maximum absolute atomic E-state index is 13.4. The van der Waals surface area contributed by atoms with Crippen LogP contribution in [-0.2, 0) is 6.54 Å². The van der Waals surface area contributed by atoms with Gasteiger partial charge in [-0.1, -0.05) is 6.07 Å². The van der Waals surface area contributed by atoms with Crippen molar-refractivity contribution < 1.29 is 13.5 Å². The lowest BCUT2D eigenvalue weighted by Gasteiger charge is -2.16. The third kappa shape index (κ3) is 2.50. The van der Waals surface area contributed by atoms with E-state index in [0.717, 1.165) is 22.6 Å². The van der Waals surface area contributed by atoms with Crippen LogP contribution in [0.2, 0.25) is 0 Å². The van der Waals surface area contributed by atoms with E-state index in [-0.39, 0.29) is 13.1 Å². The third-order valence-electron chi connectivity index (χ3n) is 4.38. The summed E-state index contributed by atoms with van der Waals surface area (Å²) < 4.78 is 32.1. The van der Waals surface area contributed by atoms with Crippen molar-refractivity contribution in [3.8, 4) is 5.75 Å². The van der Waals surface area contributed by atoms with E-state index in [1.54, 1.807) is 18.1 Å². The van der Waals surface area contributed by atoms with E-state index in [1.165, 1.54) is 6.33 Å². The molecule has 2 aliphatic rings. The molecule has 2 aliphatic heterocycles. The van der Waals surface area contributed by atoms with Gasteiger partial charge in [0, 0.05) is 11.6 Å². The highest BCUT2D eigenvalue weighted by Crippen LogP contribution is 2.28. The smallest absolute Gasteiger partial charge is 0.150 e. The van der Waals surface area contributed by atoms with Crippen LogP contribution < -0.4 is 9.64 Å². The number of alkyl halides is 2. The molecule has 2 aromatic rings. The first-order chi connectivity index (χ1) is 11.7. The minimum atomic E-state index is -1.47. The molecule has 0 spiro atoms. The van der Waals surface area contributed by atoms with Crippen LogP contribution in [0.5, 0.6) is 5.75 Å². The predicted octanol–water partition coefficient (Wildman–Crippen LogP) is 2.33. The van der Waals surface area contributed by atoms with E-state index >= 15 is 0 Å². The Kier molecular flexibility index (Phi) is 3.63. The minimum Gasteiger partial charge on any atom is -0.497 e. The van der Waals surface area contributed by atoms with Crippen LogP contribution in [0.3, 0.4) is 0 Å². The lowest BCUT2D eigenvalue weighted by atomic mass is 10.0. The van der Waals surface area contributed by atoms with Gasteiger partial charge in [-0.05, 0) is 17.7 Å². The van der Waals surface area contributed by atoms with Crippen molar-refractivity contribution in [2.45, 2.75) is 18.9 Å². The standard InChI is InChI=1S/C17H16F2N4O/c1-24-11-3-2-10-6-20-17(12(10)4-11)15-5-16(22-9-21-15)23-7-13(18)14(19)8-23/h2-5,9,13-14H,6-8H2,1H3/t13-,14-/m0/s1. The Labute approximate surface area is 138 Å². The van der Waals surface area contributed by atoms with Gasteiger partial charge >= 0.3 is 0 Å². The van der Waals surface area contributed by atoms with Gasteiger partial charge in [-0.3, -0.25) is 4.99 Å². The average Bonchev–Trinajstić information content (AvgIpc) is 3.18. The second-order valence-electron chi connectivity index (χ2n) is 5.89. The highest BCUT2D eigenvalue weighted by Gasteiger charge is 2.34. The maximum atomic E-state index is 13.4. The summed E-state index contributed by atoms with van der Waals surface area (Å²) in [6.07, 6.45) is -1.54. The summed E-state index contributed by atoms with van der Waals surface area (Å²) in [7, 11) is 1.62. The first-order valence-electron chi connectivity index (χ1n) is 7.73. The van der Waals surface area contributed by atoms with E-state index in [2.05, 4.69) is 15.0 Å². The molecule has 5 nitrogen and oxygen atoms in total. The number of nitrogens with zero attached hydrogens (tertiary/aromatic N) is 4. The van der Waals surface area contributed by atoms with E-state index < -0.39 is 12.3 Å². The Morgan fingerprint density at radius 1 is 1.12 bits per heavy atom. The summed E-state index contributed by atoms with van der Waals surface area (Å²) in [4.78, 5) is 14.6. The van der Waals surface area contributed by atoms with Crippen LogP contribution in [0.4, 0.5) is 14.6 Å². The number of hydrogen-bond donors (Lipinski definition) is 0. The lowest BCUT2D eigenvalue weighted by Crippen LogP contribution is -2.22. The molecule has 7 heteroatoms. The van der Waals surface area contributed by atoms with E-state index in [9.17, 15) is 8.78 Å². The zero-order valence-electron chi connectivity index (χ0n) is 13.1. The fraction of sp³-hybridized carbons (Fsp3) is 0.353. The molecule has 24 heavy (non-hydrogen) atoms. The zero-order valence-corrected chi connectivity index (χ0v) is 13.1. The Hall–Kier alpha value is -2.57. The van der Waals surface area contributed by atoms with E-state index in [1.807, 2.05) is 18.2 Å². The summed E-state index contributed by atoms with van der Waals surface area (Å²) in [5.74, 6) is 1.26. The van der Waals surface area contributed by atoms with Crippen LogP contribution in [0.1, 0.15) is 16.8 Å². The number of benzene rings is 1. The molecule has 0 unspecified atom stereocenters. The van der Waals surface area contributed by atoms with Gasteiger partial charge in [-0.25, -0.2) is 18.7 Å². The predicted molar refractivity (Wildman–Crippen MR) is 86.4 cm³/mol. The Bertz CT molecular complexity index is 801. The molecule has 1 aromatic heterocycles. The van der Waals surface area contributed by atoms with E-state index in [0.29, 0.717) is 18.1 Å². The molecular formula is C17H16F2N4O. The maximum Gasteiger partial charge on any atom is 0.150 e. The molecular weight excluding hydrogens is 314 g/mol. The molecule has 4 rings (SSSR count). The van der Waals surface area contributed by atoms with Crippen LogP contribution in [0.15, 0.2) is 35.6 Å². The largest absolute Gasteiger partial charge is 0.497 e. The third-order valence-corrected chi connectivity index (χ3v) is 4.38. The molecule has 3 heterocycles. The number of ether oxygens (including phenoxy) is 1. The van der Waals surface area contributed by atoms with Gasteiger partial charge in [0.15, 0.2) is 12.3 Å². The molecule has 0 amide bonds. The van der Waals surface area contributed by atoms with Crippen LogP contribution in [0, 0.1) is 0 Å². The number of methoxy groups -OCH3 is 1. The minimum absolute atomic E-state index is 0.00844. The molecule has 1 aromatic carbocycles. The molecule has 0 radical (unpaired) electrons. The summed E-state index contributed by atoms with van der Waals surface area (Å²) in [6.45, 7) is 0.597. The number of fused-ring (bicyclic) bond motifs is 1. The molecule has 0 saturated carbocycles. The van der Waals surface area contributed by atoms with Crippen molar-refractivity contribution >= 4 is 11.5 Å². The Balaban J connectivity index is 1.67. The van der Waals surface area contributed by atoms with Crippen LogP contribution in [-0.4, -0.2) is 48.2 Å². The number of anilines is 1. The molecule has 0 aliphatic carbocycles. The molecule has 1 saturated heterocycles. The van der Waals surface area contributed by atoms with Crippen molar-refractivity contribution in [1.29, 1.82) is 0 Å². The summed E-state index contributed by atoms with van der Waals surface area (Å²) >= 11 is 0. The SMILES string of the molecule is COc1ccc2c(c1)C(c1cc(N3C[C@H](F)[C@@H](F)C3)ncn1)=NC2. The summed E-state index contributed by atoms with van der Waals surface area (Å²) in [6, 6.07) is 7.54. The molecule has 124 valence electrons. The van der Waals surface area contributed by atoms with Gasteiger partial charge in [0.05, 0.1) is 38.1 Å². The van der Waals surface area contributed by atoms with Gasteiger partial charge in [-0.2, -0.15) is 0 Å². The number of hydrogen-bond acceptors (Lipinski definition) is 5. The van der Waals surface area contributed by atoms with Crippen molar-refractivity contribution in [1.82, 2.24) is 9.97 Å². The topological polar surface area (TPSA) is 50.6 Å². The van der Waals surface area contributed by atoms with E-state index in [4.69, 9.17) is 4.74 Å². The van der Waals surface area contributed by atoms with Crippen molar-refractivity contribution in [2.24, 2.45) is 4.99 Å². The monoisotopic (exact) mass is 330 g/mol.